The molecule has 2 unspecified atom stereocenters. The van der Waals surface area contributed by atoms with E-state index in [2.05, 4.69) is 11.9 Å². The fourth-order valence-electron chi connectivity index (χ4n) is 2.35. The van der Waals surface area contributed by atoms with Crippen molar-refractivity contribution in [3.63, 3.8) is 0 Å². The molecule has 5 heteroatoms. The molecule has 1 aliphatic rings. The lowest BCUT2D eigenvalue weighted by molar-refractivity contribution is 0.192. The van der Waals surface area contributed by atoms with Crippen LogP contribution in [0.3, 0.4) is 0 Å². The number of halogens is 2. The molecule has 2 atom stereocenters. The Hall–Kier alpha value is -0.290. The fourth-order valence-corrected chi connectivity index (χ4v) is 3.75. The second-order valence-electron chi connectivity index (χ2n) is 4.61. The standard InChI is InChI=1S/C13H18ClFN2S/c1-17(10-4-5-18-8-10)13(7-16)9-2-3-11(14)12(15)6-9/h2-3,6,10,13H,4-5,7-8,16H2,1H3. The van der Waals surface area contributed by atoms with Gasteiger partial charge in [-0.2, -0.15) is 11.8 Å². The van der Waals surface area contributed by atoms with Gasteiger partial charge in [-0.15, -0.1) is 0 Å². The van der Waals surface area contributed by atoms with E-state index in [0.717, 1.165) is 11.3 Å². The zero-order valence-corrected chi connectivity index (χ0v) is 12.0. The van der Waals surface area contributed by atoms with Crippen LogP contribution in [0.1, 0.15) is 18.0 Å². The summed E-state index contributed by atoms with van der Waals surface area (Å²) in [5.41, 5.74) is 6.76. The van der Waals surface area contributed by atoms with Gasteiger partial charge in [0.2, 0.25) is 0 Å². The van der Waals surface area contributed by atoms with E-state index in [4.69, 9.17) is 17.3 Å². The van der Waals surface area contributed by atoms with Crippen LogP contribution in [-0.4, -0.2) is 36.0 Å². The van der Waals surface area contributed by atoms with E-state index in [9.17, 15) is 4.39 Å². The van der Waals surface area contributed by atoms with Crippen molar-refractivity contribution < 1.29 is 4.39 Å². The number of hydrogen-bond donors (Lipinski definition) is 1. The Labute approximate surface area is 117 Å². The van der Waals surface area contributed by atoms with Crippen molar-refractivity contribution >= 4 is 23.4 Å². The topological polar surface area (TPSA) is 29.3 Å². The molecular weight excluding hydrogens is 271 g/mol. The van der Waals surface area contributed by atoms with Gasteiger partial charge in [0, 0.05) is 24.4 Å². The van der Waals surface area contributed by atoms with E-state index >= 15 is 0 Å². The van der Waals surface area contributed by atoms with Gasteiger partial charge < -0.3 is 5.73 Å². The van der Waals surface area contributed by atoms with Crippen molar-refractivity contribution in [3.05, 3.63) is 34.6 Å². The molecule has 100 valence electrons. The normalized spacial score (nSPS) is 21.5. The van der Waals surface area contributed by atoms with Crippen LogP contribution in [0.25, 0.3) is 0 Å². The maximum atomic E-state index is 13.5. The Balaban J connectivity index is 2.18. The van der Waals surface area contributed by atoms with E-state index in [1.54, 1.807) is 6.07 Å². The Morgan fingerprint density at radius 1 is 1.61 bits per heavy atom. The molecule has 0 amide bonds. The summed E-state index contributed by atoms with van der Waals surface area (Å²) in [7, 11) is 2.07. The third-order valence-corrected chi connectivity index (χ3v) is 4.98. The predicted octanol–water partition coefficient (Wildman–Crippen LogP) is 2.92. The van der Waals surface area contributed by atoms with E-state index in [1.807, 2.05) is 17.8 Å². The monoisotopic (exact) mass is 288 g/mol. The highest BCUT2D eigenvalue weighted by Crippen LogP contribution is 2.29. The maximum absolute atomic E-state index is 13.5. The SMILES string of the molecule is CN(C1CCSC1)C(CN)c1ccc(Cl)c(F)c1. The van der Waals surface area contributed by atoms with Crippen molar-refractivity contribution in [2.24, 2.45) is 5.73 Å². The highest BCUT2D eigenvalue weighted by atomic mass is 35.5. The molecular formula is C13H18ClFN2S. The number of thioether (sulfide) groups is 1. The summed E-state index contributed by atoms with van der Waals surface area (Å²) in [5.74, 6) is 1.95. The molecule has 1 aromatic rings. The second kappa shape index (κ2) is 6.24. The average molecular weight is 289 g/mol. The summed E-state index contributed by atoms with van der Waals surface area (Å²) in [6, 6.07) is 5.55. The quantitative estimate of drug-likeness (QED) is 0.924. The number of likely N-dealkylation sites (N-methyl/N-ethyl adjacent to an activating group) is 1. The van der Waals surface area contributed by atoms with Gasteiger partial charge in [-0.25, -0.2) is 4.39 Å². The van der Waals surface area contributed by atoms with Gasteiger partial charge in [-0.05, 0) is 36.9 Å². The van der Waals surface area contributed by atoms with Crippen LogP contribution in [-0.2, 0) is 0 Å². The molecule has 0 radical (unpaired) electrons. The predicted molar refractivity (Wildman–Crippen MR) is 76.7 cm³/mol. The zero-order valence-electron chi connectivity index (χ0n) is 10.4. The summed E-state index contributed by atoms with van der Waals surface area (Å²) in [4.78, 5) is 2.27. The van der Waals surface area contributed by atoms with Crippen molar-refractivity contribution in [2.75, 3.05) is 25.1 Å². The van der Waals surface area contributed by atoms with E-state index in [-0.39, 0.29) is 16.9 Å². The molecule has 1 heterocycles. The zero-order chi connectivity index (χ0) is 13.1. The minimum atomic E-state index is -0.373. The van der Waals surface area contributed by atoms with Crippen LogP contribution >= 0.6 is 23.4 Å². The first-order valence-electron chi connectivity index (χ1n) is 6.08. The molecule has 2 nitrogen and oxygen atoms in total. The molecule has 0 aromatic heterocycles. The molecule has 18 heavy (non-hydrogen) atoms. The third-order valence-electron chi connectivity index (χ3n) is 3.52. The van der Waals surface area contributed by atoms with E-state index < -0.39 is 0 Å². The van der Waals surface area contributed by atoms with Gasteiger partial charge in [0.25, 0.3) is 0 Å². The van der Waals surface area contributed by atoms with Gasteiger partial charge in [0.05, 0.1) is 5.02 Å². The Morgan fingerprint density at radius 2 is 2.39 bits per heavy atom. The van der Waals surface area contributed by atoms with Crippen molar-refractivity contribution in [3.8, 4) is 0 Å². The van der Waals surface area contributed by atoms with Crippen molar-refractivity contribution in [1.82, 2.24) is 4.90 Å². The molecule has 1 fully saturated rings. The van der Waals surface area contributed by atoms with Crippen LogP contribution in [0.5, 0.6) is 0 Å². The molecule has 0 spiro atoms. The molecule has 0 saturated carbocycles. The van der Waals surface area contributed by atoms with E-state index in [1.165, 1.54) is 18.2 Å². The van der Waals surface area contributed by atoms with Gasteiger partial charge in [0.1, 0.15) is 5.82 Å². The molecule has 2 N–H and O–H groups in total. The van der Waals surface area contributed by atoms with Crippen LogP contribution in [0.4, 0.5) is 4.39 Å². The number of rotatable bonds is 4. The van der Waals surface area contributed by atoms with Gasteiger partial charge >= 0.3 is 0 Å². The Kier molecular flexibility index (Phi) is 4.90. The summed E-state index contributed by atoms with van der Waals surface area (Å²) in [6.07, 6.45) is 1.17. The lowest BCUT2D eigenvalue weighted by atomic mass is 10.0. The number of nitrogens with two attached hydrogens (primary N) is 1. The Morgan fingerprint density at radius 3 is 2.94 bits per heavy atom. The molecule has 2 rings (SSSR count). The summed E-state index contributed by atoms with van der Waals surface area (Å²) >= 11 is 7.67. The molecule has 1 aliphatic heterocycles. The first-order valence-corrected chi connectivity index (χ1v) is 7.61. The van der Waals surface area contributed by atoms with Crippen LogP contribution in [0, 0.1) is 5.82 Å². The number of hydrogen-bond acceptors (Lipinski definition) is 3. The molecule has 0 aliphatic carbocycles. The smallest absolute Gasteiger partial charge is 0.142 e. The number of benzene rings is 1. The maximum Gasteiger partial charge on any atom is 0.142 e. The van der Waals surface area contributed by atoms with Gasteiger partial charge in [-0.1, -0.05) is 17.7 Å². The highest BCUT2D eigenvalue weighted by Gasteiger charge is 2.26. The first-order chi connectivity index (χ1) is 8.63. The van der Waals surface area contributed by atoms with Crippen LogP contribution < -0.4 is 5.73 Å². The molecule has 1 saturated heterocycles. The van der Waals surface area contributed by atoms with Gasteiger partial charge in [0.15, 0.2) is 0 Å². The summed E-state index contributed by atoms with van der Waals surface area (Å²) < 4.78 is 13.5. The lowest BCUT2D eigenvalue weighted by Crippen LogP contribution is -2.38. The lowest BCUT2D eigenvalue weighted by Gasteiger charge is -2.32. The Bertz CT molecular complexity index is 410. The summed E-state index contributed by atoms with van der Waals surface area (Å²) in [6.45, 7) is 0.485. The highest BCUT2D eigenvalue weighted by molar-refractivity contribution is 7.99. The van der Waals surface area contributed by atoms with Crippen LogP contribution in [0.15, 0.2) is 18.2 Å². The van der Waals surface area contributed by atoms with Gasteiger partial charge in [-0.3, -0.25) is 4.90 Å². The molecule has 1 aromatic carbocycles. The van der Waals surface area contributed by atoms with Crippen LogP contribution in [0.2, 0.25) is 5.02 Å². The minimum Gasteiger partial charge on any atom is -0.329 e. The molecule has 0 bridgehead atoms. The first kappa shape index (κ1) is 14.1. The van der Waals surface area contributed by atoms with Crippen molar-refractivity contribution in [1.29, 1.82) is 0 Å². The van der Waals surface area contributed by atoms with E-state index in [0.29, 0.717) is 12.6 Å². The summed E-state index contributed by atoms with van der Waals surface area (Å²) in [5, 5.41) is 0.161. The average Bonchev–Trinajstić information content (AvgIpc) is 2.88. The third kappa shape index (κ3) is 2.99. The fraction of sp³-hybridized carbons (Fsp3) is 0.538. The number of nitrogens with zero attached hydrogens (tertiary/aromatic N) is 1. The largest absolute Gasteiger partial charge is 0.329 e. The minimum absolute atomic E-state index is 0.0560. The van der Waals surface area contributed by atoms with Crippen molar-refractivity contribution in [2.45, 2.75) is 18.5 Å². The second-order valence-corrected chi connectivity index (χ2v) is 6.16.